The zero-order valence-corrected chi connectivity index (χ0v) is 17.1. The number of methoxy groups -OCH3 is 1. The second-order valence-electron chi connectivity index (χ2n) is 7.19. The van der Waals surface area contributed by atoms with Crippen molar-refractivity contribution in [3.63, 3.8) is 0 Å². The van der Waals surface area contributed by atoms with Gasteiger partial charge < -0.3 is 9.30 Å². The Morgan fingerprint density at radius 3 is 2.43 bits per heavy atom. The molecule has 0 fully saturated rings. The first-order valence-corrected chi connectivity index (χ1v) is 10.7. The third-order valence-corrected chi connectivity index (χ3v) is 7.22. The number of sulfonamides is 1. The lowest BCUT2D eigenvalue weighted by Gasteiger charge is -2.36. The molecule has 0 unspecified atom stereocenters. The van der Waals surface area contributed by atoms with E-state index in [4.69, 9.17) is 4.74 Å². The molecule has 5 nitrogen and oxygen atoms in total. The number of aryl methyl sites for hydroxylation is 2. The van der Waals surface area contributed by atoms with Crippen LogP contribution < -0.4 is 4.74 Å². The smallest absolute Gasteiger partial charge is 0.244 e. The molecule has 2 heterocycles. The summed E-state index contributed by atoms with van der Waals surface area (Å²) < 4.78 is 36.2. The molecule has 3 aromatic rings. The zero-order chi connectivity index (χ0) is 19.9. The topological polar surface area (TPSA) is 51.5 Å². The molecule has 0 N–H and O–H groups in total. The third kappa shape index (κ3) is 3.12. The maximum absolute atomic E-state index is 13.6. The van der Waals surface area contributed by atoms with E-state index in [9.17, 15) is 8.42 Å². The summed E-state index contributed by atoms with van der Waals surface area (Å²) in [6.45, 7) is 4.95. The van der Waals surface area contributed by atoms with Crippen LogP contribution in [0.1, 0.15) is 28.4 Å². The molecule has 0 spiro atoms. The van der Waals surface area contributed by atoms with Crippen LogP contribution in [0.3, 0.4) is 0 Å². The molecule has 4 rings (SSSR count). The van der Waals surface area contributed by atoms with Gasteiger partial charge >= 0.3 is 0 Å². The molecule has 0 saturated carbocycles. The van der Waals surface area contributed by atoms with E-state index in [-0.39, 0.29) is 6.04 Å². The van der Waals surface area contributed by atoms with Crippen molar-refractivity contribution >= 4 is 10.0 Å². The predicted molar refractivity (Wildman–Crippen MR) is 109 cm³/mol. The van der Waals surface area contributed by atoms with Gasteiger partial charge in [0.15, 0.2) is 0 Å². The van der Waals surface area contributed by atoms with Crippen molar-refractivity contribution in [1.29, 1.82) is 0 Å². The molecule has 0 aliphatic carbocycles. The molecule has 1 aliphatic rings. The molecule has 0 radical (unpaired) electrons. The summed E-state index contributed by atoms with van der Waals surface area (Å²) >= 11 is 0. The Bertz CT molecular complexity index is 1100. The van der Waals surface area contributed by atoms with Crippen LogP contribution >= 0.6 is 0 Å². The minimum atomic E-state index is -3.67. The summed E-state index contributed by atoms with van der Waals surface area (Å²) in [6.07, 6.45) is 2.01. The fraction of sp³-hybridized carbons (Fsp3) is 0.273. The van der Waals surface area contributed by atoms with Gasteiger partial charge in [-0.05, 0) is 55.3 Å². The quantitative estimate of drug-likeness (QED) is 0.672. The Morgan fingerprint density at radius 1 is 1.00 bits per heavy atom. The number of hydrogen-bond donors (Lipinski definition) is 0. The second-order valence-corrected chi connectivity index (χ2v) is 9.08. The summed E-state index contributed by atoms with van der Waals surface area (Å²) in [7, 11) is -2.09. The van der Waals surface area contributed by atoms with Crippen LogP contribution in [0.5, 0.6) is 5.75 Å². The highest BCUT2D eigenvalue weighted by atomic mass is 32.2. The summed E-state index contributed by atoms with van der Waals surface area (Å²) in [5, 5.41) is 0. The summed E-state index contributed by atoms with van der Waals surface area (Å²) in [5.74, 6) is 0.682. The molecule has 0 bridgehead atoms. The number of fused-ring (bicyclic) bond motifs is 1. The van der Waals surface area contributed by atoms with E-state index >= 15 is 0 Å². The molecule has 6 heteroatoms. The lowest BCUT2D eigenvalue weighted by Crippen LogP contribution is -2.42. The third-order valence-electron chi connectivity index (χ3n) is 5.36. The summed E-state index contributed by atoms with van der Waals surface area (Å²) in [4.78, 5) is 0.294. The lowest BCUT2D eigenvalue weighted by atomic mass is 10.0. The lowest BCUT2D eigenvalue weighted by molar-refractivity contribution is 0.298. The SMILES string of the molecule is COc1ccc(S(=O)(=O)N2CCn3cccc3[C@@H]2c2ccc(C)cc2)cc1C. The van der Waals surface area contributed by atoms with Gasteiger partial charge in [-0.1, -0.05) is 29.8 Å². The number of hydrogen-bond acceptors (Lipinski definition) is 3. The number of aromatic nitrogens is 1. The van der Waals surface area contributed by atoms with E-state index in [1.165, 1.54) is 0 Å². The van der Waals surface area contributed by atoms with Gasteiger partial charge in [0.1, 0.15) is 5.75 Å². The van der Waals surface area contributed by atoms with Crippen LogP contribution in [0, 0.1) is 13.8 Å². The number of rotatable bonds is 4. The van der Waals surface area contributed by atoms with Crippen molar-refractivity contribution in [2.45, 2.75) is 31.3 Å². The van der Waals surface area contributed by atoms with Crippen LogP contribution in [0.25, 0.3) is 0 Å². The Labute approximate surface area is 166 Å². The highest BCUT2D eigenvalue weighted by Crippen LogP contribution is 2.37. The van der Waals surface area contributed by atoms with Crippen molar-refractivity contribution in [3.8, 4) is 5.75 Å². The van der Waals surface area contributed by atoms with E-state index in [1.807, 2.05) is 56.4 Å². The summed E-state index contributed by atoms with van der Waals surface area (Å²) in [6, 6.07) is 16.8. The zero-order valence-electron chi connectivity index (χ0n) is 16.3. The van der Waals surface area contributed by atoms with Crippen molar-refractivity contribution in [2.24, 2.45) is 0 Å². The molecule has 1 aliphatic heterocycles. The van der Waals surface area contributed by atoms with E-state index in [2.05, 4.69) is 4.57 Å². The van der Waals surface area contributed by atoms with E-state index in [1.54, 1.807) is 29.6 Å². The van der Waals surface area contributed by atoms with Crippen LogP contribution in [0.15, 0.2) is 65.7 Å². The molecular weight excluding hydrogens is 372 g/mol. The van der Waals surface area contributed by atoms with Gasteiger partial charge in [0.2, 0.25) is 10.0 Å². The predicted octanol–water partition coefficient (Wildman–Crippen LogP) is 3.91. The minimum Gasteiger partial charge on any atom is -0.496 e. The van der Waals surface area contributed by atoms with E-state index in [0.717, 1.165) is 22.4 Å². The Kier molecular flexibility index (Phi) is 4.77. The normalized spacial score (nSPS) is 17.3. The Balaban J connectivity index is 1.82. The van der Waals surface area contributed by atoms with E-state index in [0.29, 0.717) is 23.7 Å². The van der Waals surface area contributed by atoms with Crippen molar-refractivity contribution < 1.29 is 13.2 Å². The van der Waals surface area contributed by atoms with E-state index < -0.39 is 10.0 Å². The van der Waals surface area contributed by atoms with Gasteiger partial charge in [0.05, 0.1) is 18.0 Å². The highest BCUT2D eigenvalue weighted by molar-refractivity contribution is 7.89. The van der Waals surface area contributed by atoms with Crippen LogP contribution in [0.2, 0.25) is 0 Å². The average Bonchev–Trinajstić information content (AvgIpc) is 3.16. The number of nitrogens with zero attached hydrogens (tertiary/aromatic N) is 2. The molecular formula is C22H24N2O3S. The van der Waals surface area contributed by atoms with Gasteiger partial charge in [-0.25, -0.2) is 8.42 Å². The van der Waals surface area contributed by atoms with Gasteiger partial charge in [-0.2, -0.15) is 4.31 Å². The molecule has 1 aromatic heterocycles. The van der Waals surface area contributed by atoms with Crippen molar-refractivity contribution in [3.05, 3.63) is 83.2 Å². The van der Waals surface area contributed by atoms with Crippen LogP contribution in [-0.4, -0.2) is 30.9 Å². The van der Waals surface area contributed by atoms with Crippen molar-refractivity contribution in [1.82, 2.24) is 8.87 Å². The fourth-order valence-corrected chi connectivity index (χ4v) is 5.52. The van der Waals surface area contributed by atoms with Crippen LogP contribution in [0.4, 0.5) is 0 Å². The fourth-order valence-electron chi connectivity index (χ4n) is 3.85. The molecule has 1 atom stereocenters. The molecule has 28 heavy (non-hydrogen) atoms. The molecule has 0 saturated heterocycles. The first kappa shape index (κ1) is 18.8. The number of ether oxygens (including phenoxy) is 1. The maximum Gasteiger partial charge on any atom is 0.244 e. The Hall–Kier alpha value is -2.57. The Morgan fingerprint density at radius 2 is 1.75 bits per heavy atom. The van der Waals surface area contributed by atoms with Gasteiger partial charge in [-0.3, -0.25) is 0 Å². The first-order chi connectivity index (χ1) is 13.4. The largest absolute Gasteiger partial charge is 0.496 e. The van der Waals surface area contributed by atoms with Crippen molar-refractivity contribution in [2.75, 3.05) is 13.7 Å². The molecule has 146 valence electrons. The highest BCUT2D eigenvalue weighted by Gasteiger charge is 2.37. The summed E-state index contributed by atoms with van der Waals surface area (Å²) in [5.41, 5.74) is 3.91. The van der Waals surface area contributed by atoms with Gasteiger partial charge in [0.25, 0.3) is 0 Å². The van der Waals surface area contributed by atoms with Crippen LogP contribution in [-0.2, 0) is 16.6 Å². The monoisotopic (exact) mass is 396 g/mol. The second kappa shape index (κ2) is 7.11. The average molecular weight is 397 g/mol. The molecule has 2 aromatic carbocycles. The van der Waals surface area contributed by atoms with Gasteiger partial charge in [0, 0.05) is 25.0 Å². The van der Waals surface area contributed by atoms with Gasteiger partial charge in [-0.15, -0.1) is 0 Å². The first-order valence-electron chi connectivity index (χ1n) is 9.30. The standard InChI is InChI=1S/C22H24N2O3S/c1-16-6-8-18(9-7-16)22-20-5-4-12-23(20)13-14-24(22)28(25,26)19-10-11-21(27-3)17(2)15-19/h4-12,15,22H,13-14H2,1-3H3/t22-/m0/s1. The maximum atomic E-state index is 13.6. The number of benzene rings is 2. The minimum absolute atomic E-state index is 0.294. The molecule has 0 amide bonds.